The topological polar surface area (TPSA) is 43.4 Å². The van der Waals surface area contributed by atoms with Gasteiger partial charge in [0.05, 0.1) is 5.41 Å². The molecular formula is C5H6O3S. The molecule has 0 amide bonds. The van der Waals surface area contributed by atoms with E-state index >= 15 is 0 Å². The first kappa shape index (κ1) is 6.35. The van der Waals surface area contributed by atoms with Crippen molar-refractivity contribution in [3.05, 3.63) is 23.3 Å². The summed E-state index contributed by atoms with van der Waals surface area (Å²) in [7, 11) is -3.38. The highest BCUT2D eigenvalue weighted by Crippen LogP contribution is 2.09. The number of hydrogen-bond donors (Lipinski definition) is 0. The minimum Gasteiger partial charge on any atom is -0.384 e. The van der Waals surface area contributed by atoms with Crippen molar-refractivity contribution in [2.24, 2.45) is 0 Å². The molecular weight excluding hydrogens is 140 g/mol. The van der Waals surface area contributed by atoms with E-state index in [-0.39, 0.29) is 0 Å². The molecule has 0 spiro atoms. The molecule has 0 bridgehead atoms. The summed E-state index contributed by atoms with van der Waals surface area (Å²) < 4.78 is 25.4. The molecule has 50 valence electrons. The van der Waals surface area contributed by atoms with Gasteiger partial charge in [0.25, 0.3) is 0 Å². The van der Waals surface area contributed by atoms with Gasteiger partial charge >= 0.3 is 10.1 Å². The van der Waals surface area contributed by atoms with Crippen molar-refractivity contribution >= 4 is 10.1 Å². The third-order valence-electron chi connectivity index (χ3n) is 0.824. The highest BCUT2D eigenvalue weighted by atomic mass is 32.2. The van der Waals surface area contributed by atoms with Crippen LogP contribution >= 0.6 is 0 Å². The van der Waals surface area contributed by atoms with Crippen molar-refractivity contribution in [2.45, 2.75) is 6.92 Å². The summed E-state index contributed by atoms with van der Waals surface area (Å²) in [5, 5.41) is 1.01. The maximum Gasteiger partial charge on any atom is 0.331 e. The van der Waals surface area contributed by atoms with Gasteiger partial charge in [0.1, 0.15) is 5.76 Å². The summed E-state index contributed by atoms with van der Waals surface area (Å²) in [4.78, 5) is 0. The molecule has 0 saturated heterocycles. The van der Waals surface area contributed by atoms with Crippen LogP contribution in [-0.2, 0) is 14.3 Å². The summed E-state index contributed by atoms with van der Waals surface area (Å²) in [6.07, 6.45) is 3.02. The number of allylic oxidation sites excluding steroid dienone is 3. The van der Waals surface area contributed by atoms with Gasteiger partial charge in [-0.1, -0.05) is 0 Å². The van der Waals surface area contributed by atoms with E-state index < -0.39 is 10.1 Å². The molecule has 1 rings (SSSR count). The molecule has 0 aromatic heterocycles. The molecule has 0 unspecified atom stereocenters. The van der Waals surface area contributed by atoms with E-state index in [9.17, 15) is 8.42 Å². The van der Waals surface area contributed by atoms with Crippen LogP contribution in [0.4, 0.5) is 0 Å². The fourth-order valence-electron chi connectivity index (χ4n) is 0.510. The molecule has 1 aliphatic rings. The van der Waals surface area contributed by atoms with Gasteiger partial charge in [-0.15, -0.1) is 0 Å². The van der Waals surface area contributed by atoms with Crippen molar-refractivity contribution < 1.29 is 12.6 Å². The lowest BCUT2D eigenvalue weighted by atomic mass is 10.5. The van der Waals surface area contributed by atoms with E-state index in [1.165, 1.54) is 6.08 Å². The predicted octanol–water partition coefficient (Wildman–Crippen LogP) is 0.764. The van der Waals surface area contributed by atoms with Crippen LogP contribution in [-0.4, -0.2) is 8.42 Å². The normalized spacial score (nSPS) is 22.6. The van der Waals surface area contributed by atoms with E-state index in [4.69, 9.17) is 0 Å². The monoisotopic (exact) mass is 146 g/mol. The third kappa shape index (κ3) is 1.57. The maximum atomic E-state index is 10.5. The van der Waals surface area contributed by atoms with E-state index in [2.05, 4.69) is 4.18 Å². The van der Waals surface area contributed by atoms with E-state index in [1.54, 1.807) is 13.0 Å². The zero-order valence-electron chi connectivity index (χ0n) is 4.87. The minimum atomic E-state index is -3.38. The SMILES string of the molecule is CC1=CC=CS(=O)(=O)O1. The van der Waals surface area contributed by atoms with Gasteiger partial charge in [-0.2, -0.15) is 8.42 Å². The van der Waals surface area contributed by atoms with Gasteiger partial charge < -0.3 is 4.18 Å². The van der Waals surface area contributed by atoms with Gasteiger partial charge in [-0.3, -0.25) is 0 Å². The Bertz CT molecular complexity index is 258. The van der Waals surface area contributed by atoms with Crippen LogP contribution < -0.4 is 0 Å². The molecule has 3 nitrogen and oxygen atoms in total. The molecule has 0 aliphatic carbocycles. The lowest BCUT2D eigenvalue weighted by molar-refractivity contribution is 0.414. The molecule has 9 heavy (non-hydrogen) atoms. The van der Waals surface area contributed by atoms with Crippen LogP contribution in [0.2, 0.25) is 0 Å². The summed E-state index contributed by atoms with van der Waals surface area (Å²) in [6, 6.07) is 0. The Morgan fingerprint density at radius 3 is 2.56 bits per heavy atom. The molecule has 4 heteroatoms. The van der Waals surface area contributed by atoms with Crippen LogP contribution in [0.3, 0.4) is 0 Å². The number of rotatable bonds is 0. The Morgan fingerprint density at radius 2 is 2.22 bits per heavy atom. The Labute approximate surface area is 53.8 Å². The molecule has 0 N–H and O–H groups in total. The van der Waals surface area contributed by atoms with Crippen molar-refractivity contribution in [1.82, 2.24) is 0 Å². The third-order valence-corrected chi connectivity index (χ3v) is 1.81. The quantitative estimate of drug-likeness (QED) is 0.474. The van der Waals surface area contributed by atoms with Gasteiger partial charge in [0.15, 0.2) is 0 Å². The smallest absolute Gasteiger partial charge is 0.331 e. The van der Waals surface area contributed by atoms with Gasteiger partial charge in [-0.25, -0.2) is 0 Å². The average Bonchev–Trinajstić information content (AvgIpc) is 1.60. The van der Waals surface area contributed by atoms with E-state index in [0.29, 0.717) is 5.76 Å². The second-order valence-corrected chi connectivity index (χ2v) is 3.11. The van der Waals surface area contributed by atoms with Crippen LogP contribution in [0, 0.1) is 0 Å². The molecule has 1 heterocycles. The zero-order chi connectivity index (χ0) is 6.91. The zero-order valence-corrected chi connectivity index (χ0v) is 5.68. The highest BCUT2D eigenvalue weighted by molar-refractivity contribution is 7.89. The minimum absolute atomic E-state index is 0.400. The van der Waals surface area contributed by atoms with E-state index in [0.717, 1.165) is 5.41 Å². The predicted molar refractivity (Wildman–Crippen MR) is 32.9 cm³/mol. The summed E-state index contributed by atoms with van der Waals surface area (Å²) >= 11 is 0. The first-order chi connectivity index (χ1) is 4.10. The van der Waals surface area contributed by atoms with Crippen LogP contribution in [0.1, 0.15) is 6.92 Å². The first-order valence-electron chi connectivity index (χ1n) is 2.40. The molecule has 0 atom stereocenters. The fourth-order valence-corrected chi connectivity index (χ4v) is 1.26. The second kappa shape index (κ2) is 1.88. The summed E-state index contributed by atoms with van der Waals surface area (Å²) in [5.74, 6) is 0.400. The van der Waals surface area contributed by atoms with Crippen molar-refractivity contribution in [2.75, 3.05) is 0 Å². The van der Waals surface area contributed by atoms with Crippen molar-refractivity contribution in [3.63, 3.8) is 0 Å². The number of hydrogen-bond acceptors (Lipinski definition) is 3. The first-order valence-corrected chi connectivity index (χ1v) is 3.87. The second-order valence-electron chi connectivity index (χ2n) is 1.68. The van der Waals surface area contributed by atoms with Gasteiger partial charge in [-0.05, 0) is 19.1 Å². The van der Waals surface area contributed by atoms with E-state index in [1.807, 2.05) is 0 Å². The van der Waals surface area contributed by atoms with Crippen molar-refractivity contribution in [3.8, 4) is 0 Å². The molecule has 0 aromatic rings. The maximum absolute atomic E-state index is 10.5. The Balaban J connectivity index is 2.99. The molecule has 0 fully saturated rings. The molecule has 0 radical (unpaired) electrons. The average molecular weight is 146 g/mol. The highest BCUT2D eigenvalue weighted by Gasteiger charge is 2.09. The van der Waals surface area contributed by atoms with Crippen LogP contribution in [0.25, 0.3) is 0 Å². The lowest BCUT2D eigenvalue weighted by Gasteiger charge is -2.04. The fraction of sp³-hybridized carbons (Fsp3) is 0.200. The lowest BCUT2D eigenvalue weighted by Crippen LogP contribution is -2.02. The van der Waals surface area contributed by atoms with Crippen LogP contribution in [0.5, 0.6) is 0 Å². The molecule has 0 saturated carbocycles. The molecule has 1 aliphatic heterocycles. The standard InChI is InChI=1S/C5H6O3S/c1-5-3-2-4-9(6,7)8-5/h2-4H,1H3. The van der Waals surface area contributed by atoms with Crippen molar-refractivity contribution in [1.29, 1.82) is 0 Å². The summed E-state index contributed by atoms with van der Waals surface area (Å²) in [5.41, 5.74) is 0. The van der Waals surface area contributed by atoms with Gasteiger partial charge in [0, 0.05) is 0 Å². The Morgan fingerprint density at radius 1 is 1.56 bits per heavy atom. The summed E-state index contributed by atoms with van der Waals surface area (Å²) in [6.45, 7) is 1.58. The Kier molecular flexibility index (Phi) is 1.32. The molecule has 0 aromatic carbocycles. The van der Waals surface area contributed by atoms with Gasteiger partial charge in [0.2, 0.25) is 0 Å². The van der Waals surface area contributed by atoms with Crippen LogP contribution in [0.15, 0.2) is 23.3 Å². The Hall–Kier alpha value is -0.770. The largest absolute Gasteiger partial charge is 0.384 e.